The summed E-state index contributed by atoms with van der Waals surface area (Å²) in [6, 6.07) is 4.54. The van der Waals surface area contributed by atoms with Crippen molar-refractivity contribution in [1.29, 1.82) is 0 Å². The number of rotatable bonds is 7. The van der Waals surface area contributed by atoms with Crippen LogP contribution in [0.5, 0.6) is 5.75 Å². The largest absolute Gasteiger partial charge is 0.496 e. The van der Waals surface area contributed by atoms with Crippen LogP contribution < -0.4 is 4.74 Å². The lowest BCUT2D eigenvalue weighted by atomic mass is 9.83. The Hall–Kier alpha value is -2.94. The first-order chi connectivity index (χ1) is 18.1. The Morgan fingerprint density at radius 3 is 2.28 bits per heavy atom. The molecule has 0 aliphatic carbocycles. The lowest BCUT2D eigenvalue weighted by Crippen LogP contribution is -2.56. The summed E-state index contributed by atoms with van der Waals surface area (Å²) >= 11 is 1.36. The molecular weight excluding hydrogens is 516 g/mol. The average Bonchev–Trinajstić information content (AvgIpc) is 3.47. The highest BCUT2D eigenvalue weighted by Crippen LogP contribution is 2.51. The smallest absolute Gasteiger partial charge is 0.332 e. The topological polar surface area (TPSA) is 95.0 Å². The molecule has 0 saturated carbocycles. The first-order valence-corrected chi connectivity index (χ1v) is 14.2. The van der Waals surface area contributed by atoms with Crippen molar-refractivity contribution < 1.29 is 28.6 Å². The van der Waals surface area contributed by atoms with Crippen LogP contribution in [0.4, 0.5) is 0 Å². The molecule has 3 atom stereocenters. The van der Waals surface area contributed by atoms with E-state index in [2.05, 4.69) is 25.8 Å². The van der Waals surface area contributed by atoms with Gasteiger partial charge in [0.15, 0.2) is 0 Å². The molecule has 1 aromatic carbocycles. The SMILES string of the molecule is COC(=O)[C@H]1C[C@@](CC(C)C)(C(=O)OC(C)(C)C)N(C(=O)c2ccc(C(C)(C)C)c(OC)c2)[C@H]1c1cscn1. The highest BCUT2D eigenvalue weighted by atomic mass is 32.1. The van der Waals surface area contributed by atoms with E-state index in [1.165, 1.54) is 18.4 Å². The highest BCUT2D eigenvalue weighted by molar-refractivity contribution is 7.07. The summed E-state index contributed by atoms with van der Waals surface area (Å²) in [4.78, 5) is 48.0. The van der Waals surface area contributed by atoms with E-state index >= 15 is 0 Å². The molecule has 0 bridgehead atoms. The second-order valence-electron chi connectivity index (χ2n) is 12.7. The summed E-state index contributed by atoms with van der Waals surface area (Å²) in [7, 11) is 2.89. The minimum absolute atomic E-state index is 0.0121. The number of hydrogen-bond donors (Lipinski definition) is 0. The Morgan fingerprint density at radius 1 is 1.13 bits per heavy atom. The zero-order valence-electron chi connectivity index (χ0n) is 24.8. The number of amides is 1. The minimum atomic E-state index is -1.42. The number of carbonyl (C=O) groups is 3. The van der Waals surface area contributed by atoms with Crippen LogP contribution in [0.15, 0.2) is 29.1 Å². The van der Waals surface area contributed by atoms with Crippen molar-refractivity contribution in [3.05, 3.63) is 45.9 Å². The maximum absolute atomic E-state index is 14.6. The maximum Gasteiger partial charge on any atom is 0.332 e. The molecule has 1 aliphatic heterocycles. The van der Waals surface area contributed by atoms with Gasteiger partial charge in [-0.25, -0.2) is 9.78 Å². The van der Waals surface area contributed by atoms with Gasteiger partial charge in [-0.15, -0.1) is 11.3 Å². The summed E-state index contributed by atoms with van der Waals surface area (Å²) in [6.45, 7) is 15.6. The van der Waals surface area contributed by atoms with Gasteiger partial charge in [-0.3, -0.25) is 9.59 Å². The van der Waals surface area contributed by atoms with Gasteiger partial charge in [-0.1, -0.05) is 40.7 Å². The molecule has 9 heteroatoms. The number of nitrogens with zero attached hydrogens (tertiary/aromatic N) is 2. The lowest BCUT2D eigenvalue weighted by molar-refractivity contribution is -0.168. The van der Waals surface area contributed by atoms with E-state index in [9.17, 15) is 14.4 Å². The summed E-state index contributed by atoms with van der Waals surface area (Å²) in [5.41, 5.74) is 1.07. The number of methoxy groups -OCH3 is 2. The van der Waals surface area contributed by atoms with E-state index in [0.29, 0.717) is 23.4 Å². The number of esters is 2. The molecule has 1 aromatic heterocycles. The van der Waals surface area contributed by atoms with Crippen molar-refractivity contribution in [3.63, 3.8) is 0 Å². The van der Waals surface area contributed by atoms with Crippen LogP contribution in [-0.2, 0) is 24.5 Å². The van der Waals surface area contributed by atoms with Gasteiger partial charge in [0, 0.05) is 10.9 Å². The first-order valence-electron chi connectivity index (χ1n) is 13.3. The molecule has 0 radical (unpaired) electrons. The van der Waals surface area contributed by atoms with Gasteiger partial charge >= 0.3 is 11.9 Å². The van der Waals surface area contributed by atoms with Crippen LogP contribution in [0.3, 0.4) is 0 Å². The number of benzene rings is 1. The minimum Gasteiger partial charge on any atom is -0.496 e. The molecule has 214 valence electrons. The Morgan fingerprint density at radius 2 is 1.79 bits per heavy atom. The third-order valence-corrected chi connectivity index (χ3v) is 7.54. The van der Waals surface area contributed by atoms with E-state index < -0.39 is 40.9 Å². The number of carbonyl (C=O) groups excluding carboxylic acids is 3. The molecule has 39 heavy (non-hydrogen) atoms. The fraction of sp³-hybridized carbons (Fsp3) is 0.600. The molecule has 1 amide bonds. The van der Waals surface area contributed by atoms with Crippen LogP contribution in [0.2, 0.25) is 0 Å². The molecule has 0 unspecified atom stereocenters. The molecule has 3 rings (SSSR count). The molecule has 1 fully saturated rings. The van der Waals surface area contributed by atoms with Crippen molar-refractivity contribution in [1.82, 2.24) is 9.88 Å². The van der Waals surface area contributed by atoms with Crippen molar-refractivity contribution in [2.24, 2.45) is 11.8 Å². The average molecular weight is 559 g/mol. The van der Waals surface area contributed by atoms with Crippen molar-refractivity contribution in [3.8, 4) is 5.75 Å². The Balaban J connectivity index is 2.30. The molecule has 8 nitrogen and oxygen atoms in total. The summed E-state index contributed by atoms with van der Waals surface area (Å²) in [5.74, 6) is -1.65. The number of aromatic nitrogens is 1. The quantitative estimate of drug-likeness (QED) is 0.388. The van der Waals surface area contributed by atoms with Crippen LogP contribution in [0.1, 0.15) is 95.9 Å². The second kappa shape index (κ2) is 11.3. The van der Waals surface area contributed by atoms with Crippen molar-refractivity contribution in [2.75, 3.05) is 14.2 Å². The molecule has 1 aliphatic rings. The molecule has 2 heterocycles. The standard InChI is InChI=1S/C30H42N2O6S/c1-18(2)14-30(27(35)38-29(6,7)8)15-20(26(34)37-10)24(22-16-39-17-31-22)32(30)25(33)19-11-12-21(28(3,4)5)23(13-19)36-9/h11-13,16-18,20,24H,14-15H2,1-10H3/t20-,24+,30-/m0/s1. The monoisotopic (exact) mass is 558 g/mol. The van der Waals surface area contributed by atoms with Crippen LogP contribution >= 0.6 is 11.3 Å². The first kappa shape index (κ1) is 30.6. The third kappa shape index (κ3) is 6.29. The number of thiazole rings is 1. The predicted octanol–water partition coefficient (Wildman–Crippen LogP) is 5.95. The van der Waals surface area contributed by atoms with Crippen LogP contribution in [-0.4, -0.2) is 53.1 Å². The van der Waals surface area contributed by atoms with Crippen molar-refractivity contribution >= 4 is 29.2 Å². The lowest BCUT2D eigenvalue weighted by Gasteiger charge is -2.41. The summed E-state index contributed by atoms with van der Waals surface area (Å²) in [6.07, 6.45) is 0.372. The van der Waals surface area contributed by atoms with Gasteiger partial charge < -0.3 is 19.1 Å². The Labute approximate surface area is 236 Å². The Bertz CT molecular complexity index is 1200. The maximum atomic E-state index is 14.6. The number of hydrogen-bond acceptors (Lipinski definition) is 8. The Kier molecular flexibility index (Phi) is 8.85. The van der Waals surface area contributed by atoms with E-state index in [1.807, 2.05) is 25.3 Å². The van der Waals surface area contributed by atoms with Gasteiger partial charge in [-0.2, -0.15) is 0 Å². The third-order valence-electron chi connectivity index (χ3n) is 6.94. The van der Waals surface area contributed by atoms with E-state index in [0.717, 1.165) is 5.56 Å². The number of likely N-dealkylation sites (tertiary alicyclic amines) is 1. The molecular formula is C30H42N2O6S. The molecule has 0 N–H and O–H groups in total. The summed E-state index contributed by atoms with van der Waals surface area (Å²) < 4.78 is 16.8. The van der Waals surface area contributed by atoms with Crippen LogP contribution in [0.25, 0.3) is 0 Å². The zero-order valence-corrected chi connectivity index (χ0v) is 25.6. The van der Waals surface area contributed by atoms with Gasteiger partial charge in [0.2, 0.25) is 0 Å². The molecule has 0 spiro atoms. The van der Waals surface area contributed by atoms with Crippen LogP contribution in [0, 0.1) is 11.8 Å². The fourth-order valence-corrected chi connectivity index (χ4v) is 6.07. The van der Waals surface area contributed by atoms with Gasteiger partial charge in [-0.05, 0) is 62.6 Å². The van der Waals surface area contributed by atoms with Gasteiger partial charge in [0.25, 0.3) is 5.91 Å². The van der Waals surface area contributed by atoms with Gasteiger partial charge in [0.1, 0.15) is 16.9 Å². The molecule has 1 saturated heterocycles. The highest BCUT2D eigenvalue weighted by Gasteiger charge is 2.62. The van der Waals surface area contributed by atoms with E-state index in [4.69, 9.17) is 14.2 Å². The van der Waals surface area contributed by atoms with Crippen molar-refractivity contribution in [2.45, 2.75) is 90.8 Å². The zero-order chi connectivity index (χ0) is 29.3. The molecule has 2 aromatic rings. The second-order valence-corrected chi connectivity index (χ2v) is 13.4. The normalized spacial score (nSPS) is 21.7. The predicted molar refractivity (Wildman–Crippen MR) is 151 cm³/mol. The van der Waals surface area contributed by atoms with E-state index in [-0.39, 0.29) is 17.8 Å². The summed E-state index contributed by atoms with van der Waals surface area (Å²) in [5, 5.41) is 1.81. The van der Waals surface area contributed by atoms with E-state index in [1.54, 1.807) is 50.4 Å². The fourth-order valence-electron chi connectivity index (χ4n) is 5.49. The van der Waals surface area contributed by atoms with Gasteiger partial charge in [0.05, 0.1) is 37.4 Å². The number of ether oxygens (including phenoxy) is 3.